The van der Waals surface area contributed by atoms with E-state index in [0.717, 1.165) is 21.5 Å². The summed E-state index contributed by atoms with van der Waals surface area (Å²) in [6.45, 7) is 3.88. The predicted molar refractivity (Wildman–Crippen MR) is 109 cm³/mol. The number of aryl methyl sites for hydroxylation is 1. The van der Waals surface area contributed by atoms with Crippen LogP contribution in [0.25, 0.3) is 15.7 Å². The molecule has 0 aliphatic carbocycles. The Balaban J connectivity index is 1.58. The number of rotatable bonds is 5. The number of thiophene rings is 1. The minimum absolute atomic E-state index is 0.262. The average molecular weight is 396 g/mol. The van der Waals surface area contributed by atoms with E-state index in [1.165, 1.54) is 4.68 Å². The molecule has 0 saturated heterocycles. The van der Waals surface area contributed by atoms with Crippen molar-refractivity contribution in [2.24, 2.45) is 0 Å². The second-order valence-electron chi connectivity index (χ2n) is 6.57. The summed E-state index contributed by atoms with van der Waals surface area (Å²) in [5.74, 6) is 1.16. The standard InChI is InChI=1S/C20H20N4O3S/c1-12(19(25)21-11-14-4-6-15(27-3)7-5-14)24-20(26)17-10-18-16(8-9-28-18)23(17)13(2)22-24/h4-10,12H,11H2,1-3H3,(H,21,25)/t12-/m1/s1. The third kappa shape index (κ3) is 3.05. The number of hydrogen-bond acceptors (Lipinski definition) is 5. The van der Waals surface area contributed by atoms with E-state index < -0.39 is 6.04 Å². The lowest BCUT2D eigenvalue weighted by molar-refractivity contribution is -0.124. The minimum Gasteiger partial charge on any atom is -0.497 e. The Morgan fingerprint density at radius 1 is 1.25 bits per heavy atom. The molecule has 0 bridgehead atoms. The van der Waals surface area contributed by atoms with Crippen molar-refractivity contribution in [3.63, 3.8) is 0 Å². The fraction of sp³-hybridized carbons (Fsp3) is 0.250. The molecular weight excluding hydrogens is 376 g/mol. The molecule has 3 heterocycles. The van der Waals surface area contributed by atoms with Gasteiger partial charge in [-0.2, -0.15) is 5.10 Å². The second-order valence-corrected chi connectivity index (χ2v) is 7.52. The topological polar surface area (TPSA) is 77.6 Å². The van der Waals surface area contributed by atoms with Crippen LogP contribution in [0.4, 0.5) is 0 Å². The highest BCUT2D eigenvalue weighted by molar-refractivity contribution is 7.17. The molecule has 0 saturated carbocycles. The van der Waals surface area contributed by atoms with Crippen molar-refractivity contribution in [2.75, 3.05) is 7.11 Å². The van der Waals surface area contributed by atoms with Crippen LogP contribution in [-0.2, 0) is 11.3 Å². The fourth-order valence-electron chi connectivity index (χ4n) is 3.25. The van der Waals surface area contributed by atoms with Gasteiger partial charge in [0.1, 0.15) is 23.1 Å². The summed E-state index contributed by atoms with van der Waals surface area (Å²) in [5.41, 5.74) is 2.16. The zero-order valence-corrected chi connectivity index (χ0v) is 16.6. The lowest BCUT2D eigenvalue weighted by atomic mass is 10.2. The largest absolute Gasteiger partial charge is 0.497 e. The van der Waals surface area contributed by atoms with Gasteiger partial charge in [-0.25, -0.2) is 4.68 Å². The predicted octanol–water partition coefficient (Wildman–Crippen LogP) is 2.91. The minimum atomic E-state index is -0.720. The molecule has 144 valence electrons. The number of aromatic nitrogens is 3. The van der Waals surface area contributed by atoms with E-state index >= 15 is 0 Å². The van der Waals surface area contributed by atoms with Gasteiger partial charge in [0.15, 0.2) is 0 Å². The number of carbonyl (C=O) groups is 1. The third-order valence-corrected chi connectivity index (χ3v) is 5.65. The molecule has 7 nitrogen and oxygen atoms in total. The van der Waals surface area contributed by atoms with Crippen LogP contribution in [0.5, 0.6) is 5.75 Å². The van der Waals surface area contributed by atoms with E-state index in [-0.39, 0.29) is 11.5 Å². The number of fused-ring (bicyclic) bond motifs is 3. The number of nitrogens with zero attached hydrogens (tertiary/aromatic N) is 3. The van der Waals surface area contributed by atoms with Crippen LogP contribution in [0, 0.1) is 6.92 Å². The van der Waals surface area contributed by atoms with Crippen molar-refractivity contribution in [2.45, 2.75) is 26.4 Å². The van der Waals surface area contributed by atoms with E-state index in [2.05, 4.69) is 10.4 Å². The van der Waals surface area contributed by atoms with Gasteiger partial charge in [0, 0.05) is 6.54 Å². The summed E-state index contributed by atoms with van der Waals surface area (Å²) in [5, 5.41) is 9.25. The van der Waals surface area contributed by atoms with Crippen molar-refractivity contribution < 1.29 is 9.53 Å². The molecule has 0 radical (unpaired) electrons. The van der Waals surface area contributed by atoms with Crippen molar-refractivity contribution in [1.29, 1.82) is 0 Å². The molecule has 1 atom stereocenters. The van der Waals surface area contributed by atoms with Crippen LogP contribution < -0.4 is 15.6 Å². The Labute approximate surface area is 165 Å². The van der Waals surface area contributed by atoms with E-state index in [4.69, 9.17) is 4.74 Å². The molecule has 0 unspecified atom stereocenters. The molecule has 28 heavy (non-hydrogen) atoms. The van der Waals surface area contributed by atoms with E-state index in [0.29, 0.717) is 17.9 Å². The van der Waals surface area contributed by atoms with E-state index in [9.17, 15) is 9.59 Å². The maximum absolute atomic E-state index is 12.9. The lowest BCUT2D eigenvalue weighted by Gasteiger charge is -2.15. The first-order chi connectivity index (χ1) is 13.5. The third-order valence-electron chi connectivity index (χ3n) is 4.80. The van der Waals surface area contributed by atoms with Crippen LogP contribution >= 0.6 is 11.3 Å². The van der Waals surface area contributed by atoms with Gasteiger partial charge >= 0.3 is 0 Å². The number of nitrogens with one attached hydrogen (secondary N) is 1. The van der Waals surface area contributed by atoms with Crippen LogP contribution in [-0.4, -0.2) is 27.2 Å². The average Bonchev–Trinajstić information content (AvgIpc) is 3.30. The molecule has 1 aromatic carbocycles. The molecule has 4 rings (SSSR count). The molecule has 3 aromatic heterocycles. The highest BCUT2D eigenvalue weighted by Crippen LogP contribution is 2.24. The van der Waals surface area contributed by atoms with Gasteiger partial charge in [-0.1, -0.05) is 12.1 Å². The Kier molecular flexibility index (Phi) is 4.64. The summed E-state index contributed by atoms with van der Waals surface area (Å²) in [7, 11) is 1.61. The Morgan fingerprint density at radius 3 is 2.71 bits per heavy atom. The van der Waals surface area contributed by atoms with Gasteiger partial charge < -0.3 is 10.1 Å². The highest BCUT2D eigenvalue weighted by Gasteiger charge is 2.21. The first-order valence-corrected chi connectivity index (χ1v) is 9.76. The van der Waals surface area contributed by atoms with Gasteiger partial charge in [-0.05, 0) is 49.1 Å². The molecule has 1 N–H and O–H groups in total. The second kappa shape index (κ2) is 7.12. The molecule has 8 heteroatoms. The van der Waals surface area contributed by atoms with Crippen molar-refractivity contribution in [1.82, 2.24) is 19.5 Å². The Bertz CT molecular complexity index is 1220. The smallest absolute Gasteiger partial charge is 0.291 e. The van der Waals surface area contributed by atoms with Crippen LogP contribution in [0.3, 0.4) is 0 Å². The van der Waals surface area contributed by atoms with E-state index in [1.807, 2.05) is 53.1 Å². The molecule has 0 aliphatic rings. The van der Waals surface area contributed by atoms with Crippen molar-refractivity contribution >= 4 is 33.0 Å². The zero-order chi connectivity index (χ0) is 19.8. The van der Waals surface area contributed by atoms with Gasteiger partial charge in [-0.15, -0.1) is 11.3 Å². The number of benzene rings is 1. The molecule has 0 spiro atoms. The number of hydrogen-bond donors (Lipinski definition) is 1. The maximum atomic E-state index is 12.9. The molecular formula is C20H20N4O3S. The molecule has 4 aromatic rings. The quantitative estimate of drug-likeness (QED) is 0.563. The number of amides is 1. The number of ether oxygens (including phenoxy) is 1. The summed E-state index contributed by atoms with van der Waals surface area (Å²) in [4.78, 5) is 25.6. The monoisotopic (exact) mass is 396 g/mol. The lowest BCUT2D eigenvalue weighted by Crippen LogP contribution is -2.38. The first-order valence-electron chi connectivity index (χ1n) is 8.88. The molecule has 0 fully saturated rings. The van der Waals surface area contributed by atoms with Gasteiger partial charge in [0.25, 0.3) is 5.56 Å². The van der Waals surface area contributed by atoms with Gasteiger partial charge in [-0.3, -0.25) is 14.0 Å². The Hall–Kier alpha value is -3.13. The van der Waals surface area contributed by atoms with Gasteiger partial charge in [0.05, 0.1) is 17.3 Å². The maximum Gasteiger partial charge on any atom is 0.291 e. The zero-order valence-electron chi connectivity index (χ0n) is 15.8. The van der Waals surface area contributed by atoms with Crippen LogP contribution in [0.2, 0.25) is 0 Å². The van der Waals surface area contributed by atoms with Gasteiger partial charge in [0.2, 0.25) is 5.91 Å². The normalized spacial score (nSPS) is 12.4. The first kappa shape index (κ1) is 18.2. The number of methoxy groups -OCH3 is 1. The van der Waals surface area contributed by atoms with Crippen LogP contribution in [0.15, 0.2) is 46.6 Å². The SMILES string of the molecule is COc1ccc(CNC(=O)[C@@H](C)n2nc(C)n3c(cc4sccc43)c2=O)cc1. The summed E-state index contributed by atoms with van der Waals surface area (Å²) in [6.07, 6.45) is 0. The number of carbonyl (C=O) groups excluding carboxylic acids is 1. The summed E-state index contributed by atoms with van der Waals surface area (Å²) in [6, 6.07) is 10.6. The van der Waals surface area contributed by atoms with Crippen molar-refractivity contribution in [3.05, 3.63) is 63.5 Å². The van der Waals surface area contributed by atoms with E-state index in [1.54, 1.807) is 25.4 Å². The molecule has 0 aliphatic heterocycles. The Morgan fingerprint density at radius 2 is 2.00 bits per heavy atom. The molecule has 1 amide bonds. The summed E-state index contributed by atoms with van der Waals surface area (Å²) < 4.78 is 9.26. The summed E-state index contributed by atoms with van der Waals surface area (Å²) >= 11 is 1.57. The highest BCUT2D eigenvalue weighted by atomic mass is 32.1. The fourth-order valence-corrected chi connectivity index (χ4v) is 4.05. The van der Waals surface area contributed by atoms with Crippen LogP contribution in [0.1, 0.15) is 24.4 Å². The van der Waals surface area contributed by atoms with Crippen molar-refractivity contribution in [3.8, 4) is 5.75 Å².